The standard InChI is InChI=1S/C17H24N2O2/c1-21-15-5-3-2-4-14(15)12-16(20)19-11-8-17(13-19)6-9-18-10-7-17/h2-5,18H,6-13H2,1H3. The number of likely N-dealkylation sites (tertiary alicyclic amines) is 1. The Morgan fingerprint density at radius 1 is 1.29 bits per heavy atom. The van der Waals surface area contributed by atoms with Gasteiger partial charge in [0, 0.05) is 18.7 Å². The smallest absolute Gasteiger partial charge is 0.227 e. The summed E-state index contributed by atoms with van der Waals surface area (Å²) in [6, 6.07) is 7.80. The number of rotatable bonds is 3. The number of methoxy groups -OCH3 is 1. The second-order valence-electron chi connectivity index (χ2n) is 6.30. The monoisotopic (exact) mass is 288 g/mol. The van der Waals surface area contributed by atoms with Gasteiger partial charge in [-0.1, -0.05) is 18.2 Å². The van der Waals surface area contributed by atoms with Gasteiger partial charge < -0.3 is 15.0 Å². The molecule has 0 saturated carbocycles. The largest absolute Gasteiger partial charge is 0.496 e. The van der Waals surface area contributed by atoms with Crippen LogP contribution in [0.15, 0.2) is 24.3 Å². The van der Waals surface area contributed by atoms with Crippen molar-refractivity contribution in [2.24, 2.45) is 5.41 Å². The van der Waals surface area contributed by atoms with Gasteiger partial charge in [0.15, 0.2) is 0 Å². The van der Waals surface area contributed by atoms with Crippen molar-refractivity contribution in [3.63, 3.8) is 0 Å². The number of ether oxygens (including phenoxy) is 1. The molecule has 4 nitrogen and oxygen atoms in total. The maximum absolute atomic E-state index is 12.6. The molecule has 2 aliphatic heterocycles. The zero-order valence-corrected chi connectivity index (χ0v) is 12.7. The number of hydrogen-bond donors (Lipinski definition) is 1. The highest BCUT2D eigenvalue weighted by atomic mass is 16.5. The van der Waals surface area contributed by atoms with E-state index in [1.54, 1.807) is 7.11 Å². The van der Waals surface area contributed by atoms with E-state index in [2.05, 4.69) is 10.2 Å². The second kappa shape index (κ2) is 6.06. The summed E-state index contributed by atoms with van der Waals surface area (Å²) in [7, 11) is 1.66. The molecule has 1 amide bonds. The van der Waals surface area contributed by atoms with Crippen molar-refractivity contribution in [2.45, 2.75) is 25.7 Å². The number of carbonyl (C=O) groups excluding carboxylic acids is 1. The van der Waals surface area contributed by atoms with Crippen LogP contribution < -0.4 is 10.1 Å². The zero-order chi connectivity index (χ0) is 14.7. The number of nitrogens with zero attached hydrogens (tertiary/aromatic N) is 1. The molecule has 3 rings (SSSR count). The molecule has 2 fully saturated rings. The van der Waals surface area contributed by atoms with Crippen LogP contribution in [0.2, 0.25) is 0 Å². The fraction of sp³-hybridized carbons (Fsp3) is 0.588. The van der Waals surface area contributed by atoms with Crippen molar-refractivity contribution in [3.05, 3.63) is 29.8 Å². The normalized spacial score (nSPS) is 20.7. The van der Waals surface area contributed by atoms with E-state index in [9.17, 15) is 4.79 Å². The summed E-state index contributed by atoms with van der Waals surface area (Å²) in [5.41, 5.74) is 1.36. The minimum absolute atomic E-state index is 0.231. The summed E-state index contributed by atoms with van der Waals surface area (Å²) < 4.78 is 5.34. The molecule has 0 atom stereocenters. The lowest BCUT2D eigenvalue weighted by Crippen LogP contribution is -2.40. The highest BCUT2D eigenvalue weighted by Gasteiger charge is 2.40. The number of benzene rings is 1. The van der Waals surface area contributed by atoms with Gasteiger partial charge >= 0.3 is 0 Å². The predicted molar refractivity (Wildman–Crippen MR) is 82.4 cm³/mol. The molecule has 2 heterocycles. The Hall–Kier alpha value is -1.55. The number of piperidine rings is 1. The van der Waals surface area contributed by atoms with Crippen LogP contribution in [0.3, 0.4) is 0 Å². The SMILES string of the molecule is COc1ccccc1CC(=O)N1CCC2(CCNCC2)C1. The molecule has 0 unspecified atom stereocenters. The molecule has 21 heavy (non-hydrogen) atoms. The zero-order valence-electron chi connectivity index (χ0n) is 12.7. The maximum Gasteiger partial charge on any atom is 0.227 e. The second-order valence-corrected chi connectivity index (χ2v) is 6.30. The third kappa shape index (κ3) is 3.05. The lowest BCUT2D eigenvalue weighted by Gasteiger charge is -2.33. The lowest BCUT2D eigenvalue weighted by molar-refractivity contribution is -0.129. The molecule has 0 aliphatic carbocycles. The van der Waals surface area contributed by atoms with Crippen molar-refractivity contribution in [2.75, 3.05) is 33.3 Å². The third-order valence-corrected chi connectivity index (χ3v) is 4.99. The summed E-state index contributed by atoms with van der Waals surface area (Å²) in [5.74, 6) is 1.04. The molecule has 4 heteroatoms. The fourth-order valence-corrected chi connectivity index (χ4v) is 3.64. The summed E-state index contributed by atoms with van der Waals surface area (Å²) in [4.78, 5) is 14.6. The van der Waals surface area contributed by atoms with Gasteiger partial charge in [-0.2, -0.15) is 0 Å². The summed E-state index contributed by atoms with van der Waals surface area (Å²) in [6.07, 6.45) is 4.00. The van der Waals surface area contributed by atoms with E-state index in [1.807, 2.05) is 24.3 Å². The number of carbonyl (C=O) groups is 1. The molecule has 1 aromatic carbocycles. The molecular formula is C17H24N2O2. The van der Waals surface area contributed by atoms with Crippen molar-refractivity contribution in [1.29, 1.82) is 0 Å². The van der Waals surface area contributed by atoms with Crippen LogP contribution in [-0.4, -0.2) is 44.1 Å². The van der Waals surface area contributed by atoms with E-state index in [-0.39, 0.29) is 5.91 Å². The average molecular weight is 288 g/mol. The van der Waals surface area contributed by atoms with E-state index < -0.39 is 0 Å². The molecule has 2 saturated heterocycles. The Bertz CT molecular complexity index is 509. The summed E-state index contributed by atoms with van der Waals surface area (Å²) in [6.45, 7) is 4.03. The van der Waals surface area contributed by atoms with Crippen LogP contribution in [0.25, 0.3) is 0 Å². The predicted octanol–water partition coefficient (Wildman–Crippen LogP) is 1.84. The molecule has 0 radical (unpaired) electrons. The van der Waals surface area contributed by atoms with E-state index in [0.29, 0.717) is 11.8 Å². The van der Waals surface area contributed by atoms with Gasteiger partial charge in [-0.15, -0.1) is 0 Å². The highest BCUT2D eigenvalue weighted by molar-refractivity contribution is 5.79. The Kier molecular flexibility index (Phi) is 4.15. The minimum atomic E-state index is 0.231. The molecule has 1 N–H and O–H groups in total. The van der Waals surface area contributed by atoms with Gasteiger partial charge in [0.1, 0.15) is 5.75 Å². The minimum Gasteiger partial charge on any atom is -0.496 e. The first-order valence-corrected chi connectivity index (χ1v) is 7.83. The topological polar surface area (TPSA) is 41.6 Å². The van der Waals surface area contributed by atoms with Gasteiger partial charge in [-0.25, -0.2) is 0 Å². The Labute approximate surface area is 126 Å². The van der Waals surface area contributed by atoms with Crippen molar-refractivity contribution in [1.82, 2.24) is 10.2 Å². The lowest BCUT2D eigenvalue weighted by atomic mass is 9.78. The van der Waals surface area contributed by atoms with E-state index >= 15 is 0 Å². The first kappa shape index (κ1) is 14.4. The molecule has 1 spiro atoms. The van der Waals surface area contributed by atoms with Gasteiger partial charge in [-0.05, 0) is 43.8 Å². The summed E-state index contributed by atoms with van der Waals surface area (Å²) in [5, 5.41) is 3.41. The summed E-state index contributed by atoms with van der Waals surface area (Å²) >= 11 is 0. The van der Waals surface area contributed by atoms with Crippen molar-refractivity contribution < 1.29 is 9.53 Å². The van der Waals surface area contributed by atoms with Gasteiger partial charge in [-0.3, -0.25) is 4.79 Å². The molecule has 2 aliphatic rings. The molecule has 0 bridgehead atoms. The van der Waals surface area contributed by atoms with E-state index in [0.717, 1.165) is 43.9 Å². The number of amides is 1. The van der Waals surface area contributed by atoms with Crippen LogP contribution in [0.4, 0.5) is 0 Å². The van der Waals surface area contributed by atoms with E-state index in [4.69, 9.17) is 4.74 Å². The van der Waals surface area contributed by atoms with Crippen LogP contribution in [0.5, 0.6) is 5.75 Å². The Morgan fingerprint density at radius 3 is 2.81 bits per heavy atom. The number of para-hydroxylation sites is 1. The Balaban J connectivity index is 1.64. The average Bonchev–Trinajstić information content (AvgIpc) is 2.92. The first-order valence-electron chi connectivity index (χ1n) is 7.83. The molecule has 114 valence electrons. The Morgan fingerprint density at radius 2 is 2.05 bits per heavy atom. The van der Waals surface area contributed by atoms with Crippen LogP contribution in [0.1, 0.15) is 24.8 Å². The van der Waals surface area contributed by atoms with E-state index in [1.165, 1.54) is 12.8 Å². The third-order valence-electron chi connectivity index (χ3n) is 4.99. The van der Waals surface area contributed by atoms with Crippen LogP contribution >= 0.6 is 0 Å². The first-order chi connectivity index (χ1) is 10.2. The molecule has 0 aromatic heterocycles. The number of hydrogen-bond acceptors (Lipinski definition) is 3. The molecular weight excluding hydrogens is 264 g/mol. The fourth-order valence-electron chi connectivity index (χ4n) is 3.64. The molecule has 1 aromatic rings. The van der Waals surface area contributed by atoms with Crippen LogP contribution in [-0.2, 0) is 11.2 Å². The maximum atomic E-state index is 12.6. The van der Waals surface area contributed by atoms with Crippen molar-refractivity contribution in [3.8, 4) is 5.75 Å². The van der Waals surface area contributed by atoms with Gasteiger partial charge in [0.2, 0.25) is 5.91 Å². The van der Waals surface area contributed by atoms with Gasteiger partial charge in [0.05, 0.1) is 13.5 Å². The van der Waals surface area contributed by atoms with Crippen molar-refractivity contribution >= 4 is 5.91 Å². The van der Waals surface area contributed by atoms with Crippen LogP contribution in [0, 0.1) is 5.41 Å². The highest BCUT2D eigenvalue weighted by Crippen LogP contribution is 2.38. The number of nitrogens with one attached hydrogen (secondary N) is 1. The van der Waals surface area contributed by atoms with Gasteiger partial charge in [0.25, 0.3) is 0 Å². The quantitative estimate of drug-likeness (QED) is 0.923.